The number of hydrogen-bond acceptors (Lipinski definition) is 6. The van der Waals surface area contributed by atoms with E-state index < -0.39 is 0 Å². The fraction of sp³-hybridized carbons (Fsp3) is 0.333. The van der Waals surface area contributed by atoms with Crippen LogP contribution < -0.4 is 15.4 Å². The summed E-state index contributed by atoms with van der Waals surface area (Å²) in [5.41, 5.74) is 0. The maximum absolute atomic E-state index is 5.34. The van der Waals surface area contributed by atoms with Gasteiger partial charge in [-0.1, -0.05) is 0 Å². The Hall–Kier alpha value is -2.24. The van der Waals surface area contributed by atoms with E-state index in [2.05, 4.69) is 20.6 Å². The Morgan fingerprint density at radius 1 is 1.33 bits per heavy atom. The van der Waals surface area contributed by atoms with Crippen LogP contribution in [0.15, 0.2) is 29.1 Å². The molecule has 2 rings (SSSR count). The Kier molecular flexibility index (Phi) is 3.66. The average molecular weight is 248 g/mol. The third-order valence-corrected chi connectivity index (χ3v) is 2.57. The van der Waals surface area contributed by atoms with E-state index in [9.17, 15) is 0 Å². The second kappa shape index (κ2) is 5.39. The molecule has 1 unspecified atom stereocenters. The van der Waals surface area contributed by atoms with Crippen LogP contribution in [-0.4, -0.2) is 24.1 Å². The van der Waals surface area contributed by atoms with Gasteiger partial charge in [0.25, 0.3) is 0 Å². The molecule has 0 saturated carbocycles. The van der Waals surface area contributed by atoms with E-state index in [0.717, 1.165) is 5.76 Å². The topological polar surface area (TPSA) is 72.2 Å². The molecule has 0 spiro atoms. The Bertz CT molecular complexity index is 499. The SMILES string of the molecule is CNc1ncnc(NC(C)c2ccco2)c1OC. The third-order valence-electron chi connectivity index (χ3n) is 2.57. The van der Waals surface area contributed by atoms with Crippen LogP contribution in [0.5, 0.6) is 5.75 Å². The van der Waals surface area contributed by atoms with Crippen LogP contribution in [0.4, 0.5) is 11.6 Å². The summed E-state index contributed by atoms with van der Waals surface area (Å²) in [6, 6.07) is 3.75. The lowest BCUT2D eigenvalue weighted by atomic mass is 10.2. The van der Waals surface area contributed by atoms with Crippen molar-refractivity contribution in [2.24, 2.45) is 0 Å². The minimum atomic E-state index is -0.00601. The summed E-state index contributed by atoms with van der Waals surface area (Å²) in [5, 5.41) is 6.18. The predicted octanol–water partition coefficient (Wildman–Crippen LogP) is 2.29. The van der Waals surface area contributed by atoms with E-state index in [1.165, 1.54) is 6.33 Å². The molecule has 0 saturated heterocycles. The molecule has 2 N–H and O–H groups in total. The Balaban J connectivity index is 2.23. The number of nitrogens with one attached hydrogen (secondary N) is 2. The van der Waals surface area contributed by atoms with Crippen LogP contribution in [-0.2, 0) is 0 Å². The summed E-state index contributed by atoms with van der Waals surface area (Å²) in [7, 11) is 3.37. The van der Waals surface area contributed by atoms with Crippen molar-refractivity contribution in [1.82, 2.24) is 9.97 Å². The number of nitrogens with zero attached hydrogens (tertiary/aromatic N) is 2. The van der Waals surface area contributed by atoms with Gasteiger partial charge in [0.15, 0.2) is 11.6 Å². The molecule has 2 aromatic heterocycles. The third kappa shape index (κ3) is 2.37. The molecule has 0 radical (unpaired) electrons. The van der Waals surface area contributed by atoms with Crippen molar-refractivity contribution in [2.45, 2.75) is 13.0 Å². The van der Waals surface area contributed by atoms with Gasteiger partial charge in [0.05, 0.1) is 19.4 Å². The van der Waals surface area contributed by atoms with Gasteiger partial charge in [0, 0.05) is 7.05 Å². The average Bonchev–Trinajstić information content (AvgIpc) is 2.92. The summed E-state index contributed by atoms with van der Waals surface area (Å²) >= 11 is 0. The molecule has 96 valence electrons. The highest BCUT2D eigenvalue weighted by molar-refractivity contribution is 5.63. The number of aromatic nitrogens is 2. The molecule has 0 aliphatic heterocycles. The van der Waals surface area contributed by atoms with E-state index in [4.69, 9.17) is 9.15 Å². The quantitative estimate of drug-likeness (QED) is 0.845. The van der Waals surface area contributed by atoms with Crippen LogP contribution in [0, 0.1) is 0 Å². The van der Waals surface area contributed by atoms with Crippen molar-refractivity contribution >= 4 is 11.6 Å². The first-order valence-electron chi connectivity index (χ1n) is 5.63. The summed E-state index contributed by atoms with van der Waals surface area (Å²) < 4.78 is 10.6. The van der Waals surface area contributed by atoms with Gasteiger partial charge >= 0.3 is 0 Å². The number of rotatable bonds is 5. The molecule has 18 heavy (non-hydrogen) atoms. The largest absolute Gasteiger partial charge is 0.490 e. The van der Waals surface area contributed by atoms with E-state index in [1.807, 2.05) is 19.1 Å². The second-order valence-corrected chi connectivity index (χ2v) is 3.74. The van der Waals surface area contributed by atoms with Gasteiger partial charge in [0.2, 0.25) is 5.75 Å². The summed E-state index contributed by atoms with van der Waals surface area (Å²) in [4.78, 5) is 8.27. The zero-order valence-corrected chi connectivity index (χ0v) is 10.6. The maximum Gasteiger partial charge on any atom is 0.204 e. The van der Waals surface area contributed by atoms with Gasteiger partial charge in [-0.3, -0.25) is 0 Å². The van der Waals surface area contributed by atoms with Crippen molar-refractivity contribution in [1.29, 1.82) is 0 Å². The minimum Gasteiger partial charge on any atom is -0.490 e. The van der Waals surface area contributed by atoms with Crippen molar-refractivity contribution in [3.63, 3.8) is 0 Å². The van der Waals surface area contributed by atoms with Crippen molar-refractivity contribution in [3.05, 3.63) is 30.5 Å². The van der Waals surface area contributed by atoms with Crippen molar-refractivity contribution in [2.75, 3.05) is 24.8 Å². The first kappa shape index (κ1) is 12.2. The highest BCUT2D eigenvalue weighted by Crippen LogP contribution is 2.31. The molecule has 0 aliphatic carbocycles. The molecule has 6 heteroatoms. The minimum absolute atomic E-state index is 0.00601. The Labute approximate surface area is 105 Å². The molecule has 2 aromatic rings. The number of ether oxygens (including phenoxy) is 1. The highest BCUT2D eigenvalue weighted by atomic mass is 16.5. The zero-order valence-electron chi connectivity index (χ0n) is 10.6. The summed E-state index contributed by atoms with van der Waals surface area (Å²) in [5.74, 6) is 2.68. The second-order valence-electron chi connectivity index (χ2n) is 3.74. The molecular weight excluding hydrogens is 232 g/mol. The monoisotopic (exact) mass is 248 g/mol. The van der Waals surface area contributed by atoms with Gasteiger partial charge < -0.3 is 19.8 Å². The molecule has 0 aliphatic rings. The number of methoxy groups -OCH3 is 1. The van der Waals surface area contributed by atoms with Gasteiger partial charge in [-0.15, -0.1) is 0 Å². The molecule has 0 fully saturated rings. The molecule has 1 atom stereocenters. The lowest BCUT2D eigenvalue weighted by Crippen LogP contribution is -2.10. The Morgan fingerprint density at radius 2 is 2.11 bits per heavy atom. The van der Waals surface area contributed by atoms with E-state index in [-0.39, 0.29) is 6.04 Å². The fourth-order valence-electron chi connectivity index (χ4n) is 1.66. The number of furan rings is 1. The van der Waals surface area contributed by atoms with Gasteiger partial charge in [-0.05, 0) is 19.1 Å². The smallest absolute Gasteiger partial charge is 0.204 e. The Morgan fingerprint density at radius 3 is 2.72 bits per heavy atom. The van der Waals surface area contributed by atoms with Crippen LogP contribution in [0.25, 0.3) is 0 Å². The predicted molar refractivity (Wildman–Crippen MR) is 68.9 cm³/mol. The van der Waals surface area contributed by atoms with E-state index >= 15 is 0 Å². The van der Waals surface area contributed by atoms with Crippen LogP contribution in [0.2, 0.25) is 0 Å². The number of anilines is 2. The standard InChI is InChI=1S/C12H16N4O2/c1-8(9-5-4-6-18-9)16-12-10(17-3)11(13-2)14-7-15-12/h4-8H,1-3H3,(H2,13,14,15,16). The van der Waals surface area contributed by atoms with Gasteiger partial charge in [0.1, 0.15) is 12.1 Å². The van der Waals surface area contributed by atoms with E-state index in [0.29, 0.717) is 17.4 Å². The zero-order chi connectivity index (χ0) is 13.0. The lowest BCUT2D eigenvalue weighted by molar-refractivity contribution is 0.413. The molecule has 0 aromatic carbocycles. The van der Waals surface area contributed by atoms with Crippen molar-refractivity contribution in [3.8, 4) is 5.75 Å². The normalized spacial score (nSPS) is 11.9. The fourth-order valence-corrected chi connectivity index (χ4v) is 1.66. The molecular formula is C12H16N4O2. The van der Waals surface area contributed by atoms with Crippen LogP contribution >= 0.6 is 0 Å². The highest BCUT2D eigenvalue weighted by Gasteiger charge is 2.15. The van der Waals surface area contributed by atoms with Gasteiger partial charge in [-0.2, -0.15) is 0 Å². The van der Waals surface area contributed by atoms with Crippen molar-refractivity contribution < 1.29 is 9.15 Å². The molecule has 6 nitrogen and oxygen atoms in total. The first-order valence-corrected chi connectivity index (χ1v) is 5.63. The maximum atomic E-state index is 5.34. The lowest BCUT2D eigenvalue weighted by Gasteiger charge is -2.16. The summed E-state index contributed by atoms with van der Waals surface area (Å²) in [6.07, 6.45) is 3.12. The van der Waals surface area contributed by atoms with Crippen LogP contribution in [0.3, 0.4) is 0 Å². The summed E-state index contributed by atoms with van der Waals surface area (Å²) in [6.45, 7) is 1.99. The molecule has 2 heterocycles. The first-order chi connectivity index (χ1) is 8.76. The molecule has 0 bridgehead atoms. The van der Waals surface area contributed by atoms with E-state index in [1.54, 1.807) is 20.4 Å². The van der Waals surface area contributed by atoms with Crippen LogP contribution in [0.1, 0.15) is 18.7 Å². The molecule has 0 amide bonds. The number of hydrogen-bond donors (Lipinski definition) is 2. The van der Waals surface area contributed by atoms with Gasteiger partial charge in [-0.25, -0.2) is 9.97 Å².